The van der Waals surface area contributed by atoms with Crippen LogP contribution in [0.25, 0.3) is 0 Å². The van der Waals surface area contributed by atoms with E-state index in [4.69, 9.17) is 37.0 Å². The van der Waals surface area contributed by atoms with Gasteiger partial charge in [0, 0.05) is 25.7 Å². The summed E-state index contributed by atoms with van der Waals surface area (Å²) >= 11 is 0. The van der Waals surface area contributed by atoms with Gasteiger partial charge in [-0.15, -0.1) is 0 Å². The number of aliphatic hydroxyl groups excluding tert-OH is 1. The fourth-order valence-electron chi connectivity index (χ4n) is 10.6. The number of phosphoric ester groups is 2. The molecule has 17 nitrogen and oxygen atoms in total. The second-order valence-corrected chi connectivity index (χ2v) is 30.2. The van der Waals surface area contributed by atoms with Crippen molar-refractivity contribution in [2.75, 3.05) is 39.6 Å². The lowest BCUT2D eigenvalue weighted by atomic mass is 10.00. The molecule has 0 fully saturated rings. The SMILES string of the molecule is CCC(C)CCCCCCCCC(=O)OC[C@H](COP(=O)(O)OC[C@H](O)COP(=O)(O)OC[C@@H](COC(=O)CCCCCCCCCCCCCCCCC(C)C)OC(=O)CCCCCCCCC(C)C)OC(=O)CCCCCCCCCCCCCC(C)C. The maximum atomic E-state index is 13.0. The molecule has 0 aliphatic carbocycles. The Morgan fingerprint density at radius 2 is 0.533 bits per heavy atom. The molecule has 0 radical (unpaired) electrons. The lowest BCUT2D eigenvalue weighted by Crippen LogP contribution is -2.30. The smallest absolute Gasteiger partial charge is 0.462 e. The molecule has 6 atom stereocenters. The molecule has 0 saturated heterocycles. The van der Waals surface area contributed by atoms with Crippen molar-refractivity contribution in [1.29, 1.82) is 0 Å². The predicted molar refractivity (Wildman–Crippen MR) is 363 cm³/mol. The Kier molecular flexibility index (Phi) is 59.4. The number of esters is 4. The highest BCUT2D eigenvalue weighted by atomic mass is 31.2. The van der Waals surface area contributed by atoms with Crippen LogP contribution in [0.2, 0.25) is 0 Å². The molecule has 0 heterocycles. The summed E-state index contributed by atoms with van der Waals surface area (Å²) in [7, 11) is -9.90. The number of rotatable bonds is 68. The molecule has 19 heteroatoms. The number of phosphoric acid groups is 2. The van der Waals surface area contributed by atoms with E-state index in [0.717, 1.165) is 114 Å². The molecule has 0 saturated carbocycles. The van der Waals surface area contributed by atoms with Crippen molar-refractivity contribution in [3.63, 3.8) is 0 Å². The topological polar surface area (TPSA) is 237 Å². The van der Waals surface area contributed by atoms with Gasteiger partial charge in [0.15, 0.2) is 12.2 Å². The molecule has 90 heavy (non-hydrogen) atoms. The van der Waals surface area contributed by atoms with E-state index < -0.39 is 97.5 Å². The molecule has 0 rings (SSSR count). The van der Waals surface area contributed by atoms with E-state index in [-0.39, 0.29) is 25.7 Å². The summed E-state index contributed by atoms with van der Waals surface area (Å²) < 4.78 is 68.3. The Bertz CT molecular complexity index is 1780. The standard InChI is InChI=1S/C71H138O17P2/c1-9-64(8)50-42-34-28-30-36-44-52-69(74)82-58-66(87-70(75)53-45-37-26-22-18-14-16-20-24-32-40-48-62(4)5)59-85-89(77,78)83-55-65(72)56-84-90(79,80)86-60-67(88-71(76)54-46-38-29-27-33-41-49-63(6)7)57-81-68(73)51-43-35-25-21-17-13-11-10-12-15-19-23-31-39-47-61(2)3/h61-67,72H,9-60H2,1-8H3,(H,77,78)(H,79,80)/t64?,65-,66+,67+/m0/s1. The summed E-state index contributed by atoms with van der Waals surface area (Å²) in [5.74, 6) is 0.832. The van der Waals surface area contributed by atoms with E-state index >= 15 is 0 Å². The summed E-state index contributed by atoms with van der Waals surface area (Å²) in [6.07, 6.45) is 43.3. The Balaban J connectivity index is 5.19. The van der Waals surface area contributed by atoms with E-state index in [2.05, 4.69) is 55.4 Å². The fourth-order valence-corrected chi connectivity index (χ4v) is 12.2. The lowest BCUT2D eigenvalue weighted by molar-refractivity contribution is -0.161. The first-order valence-electron chi connectivity index (χ1n) is 36.7. The number of unbranched alkanes of at least 4 members (excludes halogenated alkanes) is 33. The van der Waals surface area contributed by atoms with Gasteiger partial charge in [-0.25, -0.2) is 9.13 Å². The highest BCUT2D eigenvalue weighted by molar-refractivity contribution is 7.47. The van der Waals surface area contributed by atoms with Crippen LogP contribution in [-0.4, -0.2) is 96.7 Å². The number of carbonyl (C=O) groups excluding carboxylic acids is 4. The molecular formula is C71H138O17P2. The molecule has 0 aromatic rings. The van der Waals surface area contributed by atoms with Crippen LogP contribution in [-0.2, 0) is 65.4 Å². The first kappa shape index (κ1) is 88.1. The molecule has 534 valence electrons. The highest BCUT2D eigenvalue weighted by Crippen LogP contribution is 2.45. The summed E-state index contributed by atoms with van der Waals surface area (Å²) in [6.45, 7) is 14.1. The summed E-state index contributed by atoms with van der Waals surface area (Å²) in [4.78, 5) is 72.5. The summed E-state index contributed by atoms with van der Waals surface area (Å²) in [5, 5.41) is 10.6. The average Bonchev–Trinajstić information content (AvgIpc) is 3.43. The minimum absolute atomic E-state index is 0.102. The first-order chi connectivity index (χ1) is 43.1. The van der Waals surface area contributed by atoms with Crippen LogP contribution in [0, 0.1) is 23.7 Å². The third-order valence-electron chi connectivity index (χ3n) is 16.7. The fraction of sp³-hybridized carbons (Fsp3) is 0.944. The van der Waals surface area contributed by atoms with E-state index in [1.807, 2.05) is 0 Å². The summed E-state index contributed by atoms with van der Waals surface area (Å²) in [5.41, 5.74) is 0. The van der Waals surface area contributed by atoms with Crippen molar-refractivity contribution in [2.24, 2.45) is 23.7 Å². The number of ether oxygens (including phenoxy) is 4. The molecule has 0 amide bonds. The minimum atomic E-state index is -4.95. The van der Waals surface area contributed by atoms with Gasteiger partial charge >= 0.3 is 39.5 Å². The molecule has 0 spiro atoms. The largest absolute Gasteiger partial charge is 0.472 e. The molecular weight excluding hydrogens is 1190 g/mol. The number of carbonyl (C=O) groups is 4. The Morgan fingerprint density at radius 3 is 0.789 bits per heavy atom. The van der Waals surface area contributed by atoms with Crippen LogP contribution in [0.3, 0.4) is 0 Å². The molecule has 3 unspecified atom stereocenters. The van der Waals surface area contributed by atoms with Crippen molar-refractivity contribution in [2.45, 2.75) is 369 Å². The Hall–Kier alpha value is -1.94. The lowest BCUT2D eigenvalue weighted by Gasteiger charge is -2.21. The van der Waals surface area contributed by atoms with Crippen LogP contribution in [0.4, 0.5) is 0 Å². The van der Waals surface area contributed by atoms with Crippen molar-refractivity contribution < 1.29 is 80.2 Å². The van der Waals surface area contributed by atoms with Gasteiger partial charge in [0.1, 0.15) is 19.3 Å². The van der Waals surface area contributed by atoms with Gasteiger partial charge in [0.25, 0.3) is 0 Å². The second kappa shape index (κ2) is 60.7. The van der Waals surface area contributed by atoms with Crippen LogP contribution in [0.15, 0.2) is 0 Å². The predicted octanol–water partition coefficient (Wildman–Crippen LogP) is 20.1. The summed E-state index contributed by atoms with van der Waals surface area (Å²) in [6, 6.07) is 0. The van der Waals surface area contributed by atoms with Crippen molar-refractivity contribution in [1.82, 2.24) is 0 Å². The van der Waals surface area contributed by atoms with Gasteiger partial charge in [-0.3, -0.25) is 37.3 Å². The van der Waals surface area contributed by atoms with Crippen LogP contribution in [0.5, 0.6) is 0 Å². The quantitative estimate of drug-likeness (QED) is 0.0222. The van der Waals surface area contributed by atoms with Gasteiger partial charge < -0.3 is 33.8 Å². The van der Waals surface area contributed by atoms with Gasteiger partial charge in [-0.05, 0) is 49.4 Å². The van der Waals surface area contributed by atoms with Gasteiger partial charge in [-0.1, -0.05) is 299 Å². The minimum Gasteiger partial charge on any atom is -0.462 e. The molecule has 0 aliphatic rings. The molecule has 0 bridgehead atoms. The maximum absolute atomic E-state index is 13.0. The zero-order valence-electron chi connectivity index (χ0n) is 58.8. The second-order valence-electron chi connectivity index (χ2n) is 27.3. The Labute approximate surface area is 549 Å². The number of hydrogen-bond acceptors (Lipinski definition) is 15. The van der Waals surface area contributed by atoms with Gasteiger partial charge in [0.05, 0.1) is 26.4 Å². The average molecular weight is 1330 g/mol. The third-order valence-corrected chi connectivity index (χ3v) is 18.6. The first-order valence-corrected chi connectivity index (χ1v) is 39.7. The van der Waals surface area contributed by atoms with Gasteiger partial charge in [-0.2, -0.15) is 0 Å². The molecule has 0 aromatic carbocycles. The zero-order valence-corrected chi connectivity index (χ0v) is 60.6. The van der Waals surface area contributed by atoms with E-state index in [9.17, 15) is 43.2 Å². The molecule has 0 aromatic heterocycles. The zero-order chi connectivity index (χ0) is 66.8. The van der Waals surface area contributed by atoms with Crippen LogP contribution in [0.1, 0.15) is 351 Å². The number of aliphatic hydroxyl groups is 1. The molecule has 3 N–H and O–H groups in total. The third kappa shape index (κ3) is 63.5. The van der Waals surface area contributed by atoms with Gasteiger partial charge in [0.2, 0.25) is 0 Å². The van der Waals surface area contributed by atoms with Crippen LogP contribution < -0.4 is 0 Å². The maximum Gasteiger partial charge on any atom is 0.472 e. The normalized spacial score (nSPS) is 14.6. The van der Waals surface area contributed by atoms with E-state index in [1.165, 1.54) is 148 Å². The van der Waals surface area contributed by atoms with Crippen molar-refractivity contribution >= 4 is 39.5 Å². The van der Waals surface area contributed by atoms with Crippen molar-refractivity contribution in [3.05, 3.63) is 0 Å². The van der Waals surface area contributed by atoms with Crippen molar-refractivity contribution in [3.8, 4) is 0 Å². The number of hydrogen-bond donors (Lipinski definition) is 3. The molecule has 0 aliphatic heterocycles. The Morgan fingerprint density at radius 1 is 0.311 bits per heavy atom. The van der Waals surface area contributed by atoms with E-state index in [1.54, 1.807) is 0 Å². The van der Waals surface area contributed by atoms with Crippen LogP contribution >= 0.6 is 15.6 Å². The highest BCUT2D eigenvalue weighted by Gasteiger charge is 2.30. The monoisotopic (exact) mass is 1320 g/mol. The van der Waals surface area contributed by atoms with E-state index in [0.29, 0.717) is 31.6 Å².